The number of allylic oxidation sites excluding steroid dienone is 2. The lowest BCUT2D eigenvalue weighted by Crippen LogP contribution is -2.22. The first-order valence-corrected chi connectivity index (χ1v) is 10.3. The highest BCUT2D eigenvalue weighted by molar-refractivity contribution is 5.35. The summed E-state index contributed by atoms with van der Waals surface area (Å²) in [5.41, 5.74) is 1.37. The minimum absolute atomic E-state index is 0.0357. The first-order valence-electron chi connectivity index (χ1n) is 10.3. The van der Waals surface area contributed by atoms with Crippen LogP contribution in [0.25, 0.3) is 0 Å². The van der Waals surface area contributed by atoms with Gasteiger partial charge in [-0.05, 0) is 92.3 Å². The van der Waals surface area contributed by atoms with Crippen LogP contribution in [-0.4, -0.2) is 0 Å². The zero-order valence-electron chi connectivity index (χ0n) is 16.8. The molecule has 0 aliphatic heterocycles. The van der Waals surface area contributed by atoms with Gasteiger partial charge in [0.25, 0.3) is 0 Å². The van der Waals surface area contributed by atoms with Gasteiger partial charge in [0.1, 0.15) is 5.75 Å². The van der Waals surface area contributed by atoms with Gasteiger partial charge < -0.3 is 4.74 Å². The van der Waals surface area contributed by atoms with Crippen molar-refractivity contribution in [2.75, 3.05) is 0 Å². The second-order valence-electron chi connectivity index (χ2n) is 7.71. The van der Waals surface area contributed by atoms with E-state index >= 15 is 0 Å². The molecule has 2 aromatic carbocycles. The number of halogens is 2. The Morgan fingerprint density at radius 2 is 1.66 bits per heavy atom. The number of ether oxygens (including phenoxy) is 1. The van der Waals surface area contributed by atoms with E-state index in [0.29, 0.717) is 11.5 Å². The largest absolute Gasteiger partial charge is 0.429 e. The summed E-state index contributed by atoms with van der Waals surface area (Å²) in [5, 5.41) is 8.79. The summed E-state index contributed by atoms with van der Waals surface area (Å²) in [4.78, 5) is 0. The third-order valence-electron chi connectivity index (χ3n) is 5.67. The molecule has 0 saturated heterocycles. The average Bonchev–Trinajstić information content (AvgIpc) is 2.75. The van der Waals surface area contributed by atoms with Crippen molar-refractivity contribution in [3.05, 3.63) is 77.4 Å². The van der Waals surface area contributed by atoms with Crippen molar-refractivity contribution in [3.63, 3.8) is 0 Å². The Hall–Kier alpha value is -2.67. The molecule has 3 rings (SSSR count). The van der Waals surface area contributed by atoms with Crippen molar-refractivity contribution in [1.29, 1.82) is 5.26 Å². The smallest absolute Gasteiger partial charge is 0.426 e. The molecule has 0 unspecified atom stereocenters. The molecule has 0 N–H and O–H groups in total. The molecule has 0 amide bonds. The Balaban J connectivity index is 1.59. The van der Waals surface area contributed by atoms with Gasteiger partial charge in [0.05, 0.1) is 17.2 Å². The van der Waals surface area contributed by atoms with E-state index in [2.05, 4.69) is 19.1 Å². The highest BCUT2D eigenvalue weighted by Crippen LogP contribution is 2.38. The predicted molar refractivity (Wildman–Crippen MR) is 111 cm³/mol. The molecular formula is C25H27F2NO. The third kappa shape index (κ3) is 5.67. The monoisotopic (exact) mass is 395 g/mol. The summed E-state index contributed by atoms with van der Waals surface area (Å²) < 4.78 is 33.9. The maximum absolute atomic E-state index is 14.5. The van der Waals surface area contributed by atoms with E-state index in [-0.39, 0.29) is 11.3 Å². The zero-order chi connectivity index (χ0) is 20.7. The number of nitrogens with zero attached hydrogens (tertiary/aromatic N) is 1. The van der Waals surface area contributed by atoms with Gasteiger partial charge in [-0.15, -0.1) is 0 Å². The lowest BCUT2D eigenvalue weighted by atomic mass is 9.77. The number of alkyl halides is 2. The normalized spacial score (nSPS) is 19.8. The first kappa shape index (κ1) is 21.0. The van der Waals surface area contributed by atoms with Crippen LogP contribution in [0.3, 0.4) is 0 Å². The Bertz CT molecular complexity index is 842. The number of hydrogen-bond acceptors (Lipinski definition) is 2. The fourth-order valence-corrected chi connectivity index (χ4v) is 3.94. The van der Waals surface area contributed by atoms with Crippen LogP contribution in [0.1, 0.15) is 68.1 Å². The van der Waals surface area contributed by atoms with Crippen molar-refractivity contribution >= 4 is 0 Å². The van der Waals surface area contributed by atoms with Gasteiger partial charge in [0.15, 0.2) is 0 Å². The topological polar surface area (TPSA) is 33.0 Å². The Morgan fingerprint density at radius 3 is 2.24 bits per heavy atom. The van der Waals surface area contributed by atoms with Crippen molar-refractivity contribution in [3.8, 4) is 11.8 Å². The lowest BCUT2D eigenvalue weighted by molar-refractivity contribution is -0.185. The fourth-order valence-electron chi connectivity index (χ4n) is 3.94. The van der Waals surface area contributed by atoms with Gasteiger partial charge in [-0.3, -0.25) is 0 Å². The van der Waals surface area contributed by atoms with Gasteiger partial charge in [-0.25, -0.2) is 0 Å². The molecule has 1 aliphatic rings. The lowest BCUT2D eigenvalue weighted by Gasteiger charge is -2.28. The molecule has 1 saturated carbocycles. The Kier molecular flexibility index (Phi) is 7.04. The van der Waals surface area contributed by atoms with Crippen LogP contribution < -0.4 is 4.74 Å². The van der Waals surface area contributed by atoms with Crippen LogP contribution in [0.2, 0.25) is 0 Å². The summed E-state index contributed by atoms with van der Waals surface area (Å²) in [7, 11) is 0. The summed E-state index contributed by atoms with van der Waals surface area (Å²) in [6, 6.07) is 14.2. The second-order valence-corrected chi connectivity index (χ2v) is 7.71. The van der Waals surface area contributed by atoms with Gasteiger partial charge in [0, 0.05) is 0 Å². The van der Waals surface area contributed by atoms with Gasteiger partial charge in [-0.1, -0.05) is 31.2 Å². The Morgan fingerprint density at radius 1 is 1.00 bits per heavy atom. The summed E-state index contributed by atoms with van der Waals surface area (Å²) in [5.74, 6) is 1.23. The molecule has 29 heavy (non-hydrogen) atoms. The van der Waals surface area contributed by atoms with Gasteiger partial charge >= 0.3 is 6.11 Å². The van der Waals surface area contributed by atoms with Crippen LogP contribution in [0.15, 0.2) is 60.7 Å². The van der Waals surface area contributed by atoms with E-state index in [1.54, 1.807) is 0 Å². The van der Waals surface area contributed by atoms with E-state index in [4.69, 9.17) is 10.00 Å². The van der Waals surface area contributed by atoms with Crippen molar-refractivity contribution < 1.29 is 13.5 Å². The quantitative estimate of drug-likeness (QED) is 0.460. The van der Waals surface area contributed by atoms with E-state index in [0.717, 1.165) is 37.2 Å². The molecule has 2 nitrogen and oxygen atoms in total. The van der Waals surface area contributed by atoms with Crippen LogP contribution >= 0.6 is 0 Å². The first-order chi connectivity index (χ1) is 14.0. The molecule has 0 bridgehead atoms. The van der Waals surface area contributed by atoms with Crippen LogP contribution in [-0.2, 0) is 6.11 Å². The van der Waals surface area contributed by atoms with E-state index in [1.807, 2.05) is 18.2 Å². The number of nitriles is 1. The highest BCUT2D eigenvalue weighted by Gasteiger charge is 2.34. The molecule has 1 fully saturated rings. The van der Waals surface area contributed by atoms with Crippen LogP contribution in [0, 0.1) is 17.2 Å². The molecular weight excluding hydrogens is 368 g/mol. The molecule has 0 aromatic heterocycles. The summed E-state index contributed by atoms with van der Waals surface area (Å²) in [6.07, 6.45) is 7.94. The number of rotatable bonds is 7. The maximum atomic E-state index is 14.5. The van der Waals surface area contributed by atoms with Crippen molar-refractivity contribution in [2.45, 2.75) is 57.5 Å². The summed E-state index contributed by atoms with van der Waals surface area (Å²) >= 11 is 0. The zero-order valence-corrected chi connectivity index (χ0v) is 16.8. The van der Waals surface area contributed by atoms with E-state index < -0.39 is 6.11 Å². The third-order valence-corrected chi connectivity index (χ3v) is 5.67. The molecule has 0 spiro atoms. The molecule has 0 atom stereocenters. The number of hydrogen-bond donors (Lipinski definition) is 0. The molecule has 152 valence electrons. The predicted octanol–water partition coefficient (Wildman–Crippen LogP) is 7.32. The van der Waals surface area contributed by atoms with E-state index in [1.165, 1.54) is 49.2 Å². The van der Waals surface area contributed by atoms with Crippen LogP contribution in [0.5, 0.6) is 5.75 Å². The van der Waals surface area contributed by atoms with E-state index in [9.17, 15) is 8.78 Å². The molecule has 0 heterocycles. The SMILES string of the molecule is CC/C=C/CC1CCC(c2ccc(C(F)(F)Oc3ccc(C#N)cc3)cc2)CC1. The molecule has 2 aromatic rings. The molecule has 0 radical (unpaired) electrons. The van der Waals surface area contributed by atoms with Gasteiger partial charge in [0.2, 0.25) is 0 Å². The second kappa shape index (κ2) is 9.69. The standard InChI is InChI=1S/C25H27F2NO/c1-2-3-4-5-19-6-10-21(11-7-19)22-12-14-23(15-13-22)25(26,27)29-24-16-8-20(18-28)9-17-24/h3-4,8-9,12-17,19,21H,2,5-7,10-11H2,1H3/b4-3+. The summed E-state index contributed by atoms with van der Waals surface area (Å²) in [6.45, 7) is 2.15. The van der Waals surface area contributed by atoms with Crippen molar-refractivity contribution in [1.82, 2.24) is 0 Å². The molecule has 1 aliphatic carbocycles. The van der Waals surface area contributed by atoms with Crippen LogP contribution in [0.4, 0.5) is 8.78 Å². The Labute approximate surface area is 171 Å². The minimum Gasteiger partial charge on any atom is -0.429 e. The maximum Gasteiger partial charge on any atom is 0.426 e. The number of benzene rings is 2. The average molecular weight is 395 g/mol. The van der Waals surface area contributed by atoms with Gasteiger partial charge in [-0.2, -0.15) is 14.0 Å². The fraction of sp³-hybridized carbons (Fsp3) is 0.400. The highest BCUT2D eigenvalue weighted by atomic mass is 19.3. The van der Waals surface area contributed by atoms with Crippen molar-refractivity contribution in [2.24, 2.45) is 5.92 Å². The molecule has 4 heteroatoms. The minimum atomic E-state index is -3.42.